The van der Waals surface area contributed by atoms with Gasteiger partial charge in [-0.3, -0.25) is 0 Å². The van der Waals surface area contributed by atoms with Crippen molar-refractivity contribution in [3.63, 3.8) is 0 Å². The summed E-state index contributed by atoms with van der Waals surface area (Å²) in [6, 6.07) is 8.26. The number of nitrogens with one attached hydrogen (secondary N) is 1. The molecular weight excluding hydrogens is 326 g/mol. The predicted molar refractivity (Wildman–Crippen MR) is 82.7 cm³/mol. The summed E-state index contributed by atoms with van der Waals surface area (Å²) in [4.78, 5) is 0. The van der Waals surface area contributed by atoms with Crippen LogP contribution in [0.25, 0.3) is 0 Å². The minimum absolute atomic E-state index is 0.224. The quantitative estimate of drug-likeness (QED) is 0.836. The van der Waals surface area contributed by atoms with Gasteiger partial charge in [0, 0.05) is 21.1 Å². The van der Waals surface area contributed by atoms with Gasteiger partial charge in [-0.2, -0.15) is 0 Å². The molecule has 1 N–H and O–H groups in total. The minimum atomic E-state index is 0.224. The van der Waals surface area contributed by atoms with Gasteiger partial charge in [-0.05, 0) is 43.7 Å². The van der Waals surface area contributed by atoms with Crippen molar-refractivity contribution < 1.29 is 4.42 Å². The van der Waals surface area contributed by atoms with Crippen molar-refractivity contribution in [2.24, 2.45) is 0 Å². The van der Waals surface area contributed by atoms with E-state index in [-0.39, 0.29) is 6.04 Å². The van der Waals surface area contributed by atoms with Crippen LogP contribution in [-0.2, 0) is 6.42 Å². The molecule has 2 aromatic rings. The summed E-state index contributed by atoms with van der Waals surface area (Å²) in [7, 11) is 0. The number of hydrogen-bond acceptors (Lipinski definition) is 2. The molecule has 1 aromatic heterocycles. The van der Waals surface area contributed by atoms with Crippen molar-refractivity contribution in [1.29, 1.82) is 0 Å². The van der Waals surface area contributed by atoms with Gasteiger partial charge in [-0.1, -0.05) is 40.5 Å². The van der Waals surface area contributed by atoms with Crippen LogP contribution >= 0.6 is 27.5 Å². The molecule has 0 saturated carbocycles. The van der Waals surface area contributed by atoms with Crippen LogP contribution in [0.1, 0.15) is 29.9 Å². The summed E-state index contributed by atoms with van der Waals surface area (Å²) < 4.78 is 6.40. The highest BCUT2D eigenvalue weighted by molar-refractivity contribution is 9.10. The Kier molecular flexibility index (Phi) is 5.08. The fraction of sp³-hybridized carbons (Fsp3) is 0.333. The lowest BCUT2D eigenvalue weighted by molar-refractivity contribution is 0.501. The van der Waals surface area contributed by atoms with E-state index in [1.54, 1.807) is 6.26 Å². The Balaban J connectivity index is 2.24. The summed E-state index contributed by atoms with van der Waals surface area (Å²) in [5, 5.41) is 4.28. The zero-order chi connectivity index (χ0) is 13.8. The van der Waals surface area contributed by atoms with Gasteiger partial charge >= 0.3 is 0 Å². The Labute approximate surface area is 127 Å². The molecule has 0 bridgehead atoms. The molecule has 1 aromatic carbocycles. The lowest BCUT2D eigenvalue weighted by Gasteiger charge is -2.18. The van der Waals surface area contributed by atoms with Gasteiger partial charge in [0.1, 0.15) is 5.76 Å². The maximum Gasteiger partial charge on any atom is 0.105 e. The molecule has 0 radical (unpaired) electrons. The zero-order valence-corrected chi connectivity index (χ0v) is 13.4. The summed E-state index contributed by atoms with van der Waals surface area (Å²) >= 11 is 9.72. The van der Waals surface area contributed by atoms with E-state index < -0.39 is 0 Å². The van der Waals surface area contributed by atoms with Crippen LogP contribution in [0.5, 0.6) is 0 Å². The van der Waals surface area contributed by atoms with E-state index in [9.17, 15) is 0 Å². The smallest absolute Gasteiger partial charge is 0.105 e. The highest BCUT2D eigenvalue weighted by Gasteiger charge is 2.16. The van der Waals surface area contributed by atoms with E-state index in [4.69, 9.17) is 16.0 Å². The van der Waals surface area contributed by atoms with Crippen LogP contribution in [-0.4, -0.2) is 6.54 Å². The number of aryl methyl sites for hydroxylation is 1. The van der Waals surface area contributed by atoms with Crippen LogP contribution in [0.3, 0.4) is 0 Å². The second kappa shape index (κ2) is 6.60. The number of rotatable bonds is 5. The van der Waals surface area contributed by atoms with Crippen molar-refractivity contribution >= 4 is 27.5 Å². The molecule has 1 atom stereocenters. The second-order valence-corrected chi connectivity index (χ2v) is 5.81. The largest absolute Gasteiger partial charge is 0.469 e. The normalized spacial score (nSPS) is 12.6. The first-order valence-corrected chi connectivity index (χ1v) is 7.50. The van der Waals surface area contributed by atoms with E-state index >= 15 is 0 Å². The number of hydrogen-bond donors (Lipinski definition) is 1. The monoisotopic (exact) mass is 341 g/mol. The molecule has 0 spiro atoms. The average molecular weight is 343 g/mol. The topological polar surface area (TPSA) is 25.2 Å². The Bertz CT molecular complexity index is 553. The van der Waals surface area contributed by atoms with E-state index in [0.717, 1.165) is 33.8 Å². The van der Waals surface area contributed by atoms with Gasteiger partial charge in [0.05, 0.1) is 6.26 Å². The van der Waals surface area contributed by atoms with Crippen LogP contribution in [0, 0.1) is 6.92 Å². The minimum Gasteiger partial charge on any atom is -0.469 e. The fourth-order valence-corrected chi connectivity index (χ4v) is 2.95. The third-order valence-corrected chi connectivity index (χ3v) is 4.01. The van der Waals surface area contributed by atoms with Gasteiger partial charge < -0.3 is 9.73 Å². The molecule has 2 nitrogen and oxygen atoms in total. The number of likely N-dealkylation sites (N-methyl/N-ethyl adjacent to an activating group) is 1. The van der Waals surface area contributed by atoms with Crippen LogP contribution in [0.4, 0.5) is 0 Å². The lowest BCUT2D eigenvalue weighted by atomic mass is 9.99. The third kappa shape index (κ3) is 3.62. The molecule has 0 aliphatic rings. The van der Waals surface area contributed by atoms with Crippen LogP contribution in [0.2, 0.25) is 5.02 Å². The van der Waals surface area contributed by atoms with Gasteiger partial charge in [0.2, 0.25) is 0 Å². The molecule has 102 valence electrons. The Morgan fingerprint density at radius 2 is 2.16 bits per heavy atom. The van der Waals surface area contributed by atoms with Crippen molar-refractivity contribution in [2.75, 3.05) is 6.54 Å². The van der Waals surface area contributed by atoms with Gasteiger partial charge in [0.25, 0.3) is 0 Å². The highest BCUT2D eigenvalue weighted by atomic mass is 79.9. The van der Waals surface area contributed by atoms with Crippen molar-refractivity contribution in [2.45, 2.75) is 26.3 Å². The van der Waals surface area contributed by atoms with Gasteiger partial charge in [-0.15, -0.1) is 0 Å². The van der Waals surface area contributed by atoms with E-state index in [0.29, 0.717) is 0 Å². The number of furan rings is 1. The van der Waals surface area contributed by atoms with Crippen LogP contribution < -0.4 is 5.32 Å². The molecule has 2 rings (SSSR count). The standard InChI is InChI=1S/C15H17BrClNO/c1-3-18-15(13-6-7-19-10(13)2)8-11-4-5-12(16)9-14(11)17/h4-7,9,15,18H,3,8H2,1-2H3. The molecule has 0 aliphatic carbocycles. The summed E-state index contributed by atoms with van der Waals surface area (Å²) in [5.41, 5.74) is 2.33. The first-order valence-electron chi connectivity index (χ1n) is 6.33. The molecule has 0 fully saturated rings. The van der Waals surface area contributed by atoms with Crippen molar-refractivity contribution in [3.05, 3.63) is 56.9 Å². The maximum absolute atomic E-state index is 6.29. The predicted octanol–water partition coefficient (Wildman–Crippen LogP) is 4.90. The first-order chi connectivity index (χ1) is 9.11. The molecule has 0 saturated heterocycles. The molecule has 0 amide bonds. The van der Waals surface area contributed by atoms with Gasteiger partial charge in [-0.25, -0.2) is 0 Å². The first kappa shape index (κ1) is 14.6. The summed E-state index contributed by atoms with van der Waals surface area (Å²) in [6.45, 7) is 5.00. The molecule has 19 heavy (non-hydrogen) atoms. The number of benzene rings is 1. The second-order valence-electron chi connectivity index (χ2n) is 4.48. The SMILES string of the molecule is CCNC(Cc1ccc(Br)cc1Cl)c1ccoc1C. The Hall–Kier alpha value is -0.770. The third-order valence-electron chi connectivity index (χ3n) is 3.16. The van der Waals surface area contributed by atoms with Gasteiger partial charge in [0.15, 0.2) is 0 Å². The fourth-order valence-electron chi connectivity index (χ4n) is 2.20. The van der Waals surface area contributed by atoms with E-state index in [1.165, 1.54) is 5.56 Å². The lowest BCUT2D eigenvalue weighted by Crippen LogP contribution is -2.23. The summed E-state index contributed by atoms with van der Waals surface area (Å²) in [6.07, 6.45) is 2.58. The van der Waals surface area contributed by atoms with Crippen molar-refractivity contribution in [3.8, 4) is 0 Å². The van der Waals surface area contributed by atoms with E-state index in [2.05, 4.69) is 34.2 Å². The Morgan fingerprint density at radius 3 is 2.74 bits per heavy atom. The highest BCUT2D eigenvalue weighted by Crippen LogP contribution is 2.28. The molecule has 1 heterocycles. The number of halogens is 2. The Morgan fingerprint density at radius 1 is 1.37 bits per heavy atom. The average Bonchev–Trinajstić information content (AvgIpc) is 2.78. The molecular formula is C15H17BrClNO. The van der Waals surface area contributed by atoms with Crippen LogP contribution in [0.15, 0.2) is 39.4 Å². The van der Waals surface area contributed by atoms with Crippen molar-refractivity contribution in [1.82, 2.24) is 5.32 Å². The maximum atomic E-state index is 6.29. The summed E-state index contributed by atoms with van der Waals surface area (Å²) in [5.74, 6) is 0.958. The molecule has 1 unspecified atom stereocenters. The molecule has 4 heteroatoms. The zero-order valence-electron chi connectivity index (χ0n) is 11.0. The molecule has 0 aliphatic heterocycles. The van der Waals surface area contributed by atoms with E-state index in [1.807, 2.05) is 25.1 Å².